The van der Waals surface area contributed by atoms with E-state index in [9.17, 15) is 50.4 Å². The monoisotopic (exact) mass is 653 g/mol. The van der Waals surface area contributed by atoms with Crippen molar-refractivity contribution in [3.8, 4) is 62.5 Å². The van der Waals surface area contributed by atoms with E-state index in [0.717, 1.165) is 6.08 Å². The molecule has 0 aliphatic carbocycles. The average molecular weight is 654 g/mol. The first kappa shape index (κ1) is 33.0. The normalized spacial score (nSPS) is 12.6. The molecular weight excluding hydrogens is 622 g/mol. The molecule has 12 heteroatoms. The van der Waals surface area contributed by atoms with E-state index in [1.807, 2.05) is 0 Å². The third kappa shape index (κ3) is 6.73. The maximum absolute atomic E-state index is 13.0. The number of benzene rings is 5. The summed E-state index contributed by atoms with van der Waals surface area (Å²) >= 11 is 0. The Bertz CT molecular complexity index is 2070. The summed E-state index contributed by atoms with van der Waals surface area (Å²) in [5.74, 6) is -6.07. The van der Waals surface area contributed by atoms with E-state index in [1.165, 1.54) is 60.7 Å². The van der Waals surface area contributed by atoms with Crippen molar-refractivity contribution in [2.75, 3.05) is 13.6 Å². The number of phenolic OH excluding ortho intramolecular Hbond substituents is 7. The van der Waals surface area contributed by atoms with Crippen molar-refractivity contribution in [2.45, 2.75) is 12.0 Å². The highest BCUT2D eigenvalue weighted by atomic mass is 16.6. The molecule has 0 saturated heterocycles. The van der Waals surface area contributed by atoms with Gasteiger partial charge < -0.3 is 50.9 Å². The molecule has 5 rings (SSSR count). The molecule has 0 bridgehead atoms. The van der Waals surface area contributed by atoms with Gasteiger partial charge in [-0.1, -0.05) is 24.3 Å². The Labute approximate surface area is 273 Å². The predicted molar refractivity (Wildman–Crippen MR) is 176 cm³/mol. The van der Waals surface area contributed by atoms with E-state index >= 15 is 0 Å². The summed E-state index contributed by atoms with van der Waals surface area (Å²) < 4.78 is 5.34. The second-order valence-corrected chi connectivity index (χ2v) is 11.0. The molecule has 0 aliphatic heterocycles. The van der Waals surface area contributed by atoms with Crippen LogP contribution in [0.5, 0.6) is 40.2 Å². The summed E-state index contributed by atoms with van der Waals surface area (Å²) in [5.41, 5.74) is 2.46. The molecular formula is C36H31NO11. The number of carboxylic acid groups (broad SMARTS) is 1. The lowest BCUT2D eigenvalue weighted by Gasteiger charge is -2.24. The Morgan fingerprint density at radius 2 is 1.40 bits per heavy atom. The van der Waals surface area contributed by atoms with Crippen molar-refractivity contribution in [3.63, 3.8) is 0 Å². The lowest BCUT2D eigenvalue weighted by molar-refractivity contribution is -0.162. The van der Waals surface area contributed by atoms with E-state index in [2.05, 4.69) is 5.32 Å². The third-order valence-electron chi connectivity index (χ3n) is 7.81. The van der Waals surface area contributed by atoms with Crippen molar-refractivity contribution in [2.24, 2.45) is 0 Å². The fourth-order valence-electron chi connectivity index (χ4n) is 5.47. The summed E-state index contributed by atoms with van der Waals surface area (Å²) in [4.78, 5) is 25.2. The van der Waals surface area contributed by atoms with Crippen LogP contribution in [0.15, 0.2) is 84.9 Å². The first-order chi connectivity index (χ1) is 22.9. The van der Waals surface area contributed by atoms with Crippen LogP contribution in [0.3, 0.4) is 0 Å². The number of hydrogen-bond acceptors (Lipinski definition) is 11. The molecule has 0 unspecified atom stereocenters. The second kappa shape index (κ2) is 13.5. The number of likely N-dealkylation sites (N-methyl/N-ethyl adjacent to an activating group) is 1. The number of rotatable bonds is 10. The molecule has 0 aliphatic rings. The average Bonchev–Trinajstić information content (AvgIpc) is 3.05. The number of phenols is 7. The van der Waals surface area contributed by atoms with E-state index in [1.54, 1.807) is 31.3 Å². The quantitative estimate of drug-likeness (QED) is 0.0545. The summed E-state index contributed by atoms with van der Waals surface area (Å²) in [6, 6.07) is 18.7. The van der Waals surface area contributed by atoms with Crippen molar-refractivity contribution < 1.29 is 55.2 Å². The first-order valence-electron chi connectivity index (χ1n) is 14.5. The Hall–Kier alpha value is -6.40. The minimum Gasteiger partial charge on any atom is -0.508 e. The lowest BCUT2D eigenvalue weighted by Crippen LogP contribution is -2.37. The molecule has 0 heterocycles. The van der Waals surface area contributed by atoms with Crippen LogP contribution in [0.25, 0.3) is 39.1 Å². The number of nitrogens with one attached hydrogen (secondary N) is 1. The summed E-state index contributed by atoms with van der Waals surface area (Å²) in [6.07, 6.45) is 0.535. The molecule has 0 fully saturated rings. The summed E-state index contributed by atoms with van der Waals surface area (Å²) in [5, 5.41) is 84.7. The molecule has 12 nitrogen and oxygen atoms in total. The van der Waals surface area contributed by atoms with E-state index in [4.69, 9.17) is 4.74 Å². The van der Waals surface area contributed by atoms with Gasteiger partial charge >= 0.3 is 11.9 Å². The molecule has 2 atom stereocenters. The number of carboxylic acids is 1. The molecule has 5 aromatic rings. The Morgan fingerprint density at radius 3 is 2.02 bits per heavy atom. The zero-order chi connectivity index (χ0) is 34.7. The first-order valence-corrected chi connectivity index (χ1v) is 14.5. The third-order valence-corrected chi connectivity index (χ3v) is 7.81. The number of aromatic hydroxyl groups is 7. The van der Waals surface area contributed by atoms with Crippen molar-refractivity contribution in [1.29, 1.82) is 0 Å². The maximum atomic E-state index is 13.0. The highest BCUT2D eigenvalue weighted by molar-refractivity contribution is 6.02. The van der Waals surface area contributed by atoms with Gasteiger partial charge in [0.15, 0.2) is 34.5 Å². The van der Waals surface area contributed by atoms with Gasteiger partial charge in [-0.3, -0.25) is 0 Å². The van der Waals surface area contributed by atoms with Crippen LogP contribution >= 0.6 is 0 Å². The summed E-state index contributed by atoms with van der Waals surface area (Å²) in [6.45, 7) is 0.0365. The highest BCUT2D eigenvalue weighted by Gasteiger charge is 2.33. The van der Waals surface area contributed by atoms with Crippen LogP contribution in [0.2, 0.25) is 0 Å². The van der Waals surface area contributed by atoms with E-state index < -0.39 is 52.7 Å². The summed E-state index contributed by atoms with van der Waals surface area (Å²) in [7, 11) is 1.57. The van der Waals surface area contributed by atoms with Crippen molar-refractivity contribution >= 4 is 28.8 Å². The van der Waals surface area contributed by atoms with Crippen LogP contribution in [-0.4, -0.2) is 72.5 Å². The highest BCUT2D eigenvalue weighted by Crippen LogP contribution is 2.43. The van der Waals surface area contributed by atoms with Gasteiger partial charge in [0.05, 0.1) is 0 Å². The van der Waals surface area contributed by atoms with Gasteiger partial charge in [-0.2, -0.15) is 0 Å². The van der Waals surface area contributed by atoms with Crippen LogP contribution in [0.1, 0.15) is 17.0 Å². The van der Waals surface area contributed by atoms with Crippen LogP contribution in [0.4, 0.5) is 0 Å². The minimum atomic E-state index is -1.70. The molecule has 0 amide bonds. The van der Waals surface area contributed by atoms with Gasteiger partial charge in [-0.25, -0.2) is 9.59 Å². The molecule has 48 heavy (non-hydrogen) atoms. The number of ether oxygens (including phenoxy) is 1. The van der Waals surface area contributed by atoms with Gasteiger partial charge in [-0.15, -0.1) is 0 Å². The van der Waals surface area contributed by atoms with Crippen molar-refractivity contribution in [1.82, 2.24) is 5.32 Å². The number of esters is 1. The smallest absolute Gasteiger partial charge is 0.345 e. The Balaban J connectivity index is 1.53. The number of carbonyl (C=O) groups excluding carboxylic acids is 1. The topological polar surface area (TPSA) is 217 Å². The van der Waals surface area contributed by atoms with Gasteiger partial charge in [0.25, 0.3) is 0 Å². The molecule has 0 spiro atoms. The standard InChI is InChI=1S/C36H31NO11/c1-37-17-27(21-6-9-28(39)29(40)13-21)35(36(46)47)48-33(44)10-7-20-14-32(43)34(45)23-8-5-19(12-24(20)23)26-16-31(42)30(41)15-25(26)18-3-2-4-22(38)11-18/h2-16,27,35,37-43,45H,17H2,1H3,(H,46,47)/t27-,35+/m0/s1. The van der Waals surface area contributed by atoms with Gasteiger partial charge in [-0.05, 0) is 106 Å². The molecule has 0 saturated carbocycles. The minimum absolute atomic E-state index is 0.0205. The maximum Gasteiger partial charge on any atom is 0.345 e. The molecule has 246 valence electrons. The van der Waals surface area contributed by atoms with Crippen LogP contribution in [0, 0.1) is 0 Å². The van der Waals surface area contributed by atoms with Crippen LogP contribution in [-0.2, 0) is 14.3 Å². The number of hydrogen-bond donors (Lipinski definition) is 9. The molecule has 0 aromatic heterocycles. The zero-order valence-corrected chi connectivity index (χ0v) is 25.3. The largest absolute Gasteiger partial charge is 0.508 e. The van der Waals surface area contributed by atoms with Crippen LogP contribution < -0.4 is 5.32 Å². The van der Waals surface area contributed by atoms with Gasteiger partial charge in [0.1, 0.15) is 5.75 Å². The lowest BCUT2D eigenvalue weighted by atomic mass is 9.91. The SMILES string of the molecule is CNC[C@@H](c1ccc(O)c(O)c1)[C@@H](OC(=O)C=Cc1cc(O)c(O)c2ccc(-c3cc(O)c(O)cc3-c3cccc(O)c3)cc12)C(=O)O. The van der Waals surface area contributed by atoms with Gasteiger partial charge in [0.2, 0.25) is 6.10 Å². The zero-order valence-electron chi connectivity index (χ0n) is 25.3. The second-order valence-electron chi connectivity index (χ2n) is 11.0. The predicted octanol–water partition coefficient (Wildman–Crippen LogP) is 5.13. The van der Waals surface area contributed by atoms with Crippen molar-refractivity contribution in [3.05, 3.63) is 96.1 Å². The molecule has 0 radical (unpaired) electrons. The van der Waals surface area contributed by atoms with Gasteiger partial charge in [0, 0.05) is 23.9 Å². The van der Waals surface area contributed by atoms with E-state index in [-0.39, 0.29) is 34.6 Å². The number of aliphatic carboxylic acids is 1. The molecule has 5 aromatic carbocycles. The number of carbonyl (C=O) groups is 2. The fourth-order valence-corrected chi connectivity index (χ4v) is 5.47. The fraction of sp³-hybridized carbons (Fsp3) is 0.111. The van der Waals surface area contributed by atoms with E-state index in [0.29, 0.717) is 27.6 Å². The Morgan fingerprint density at radius 1 is 0.729 bits per heavy atom. The Kier molecular flexibility index (Phi) is 9.29. The molecule has 9 N–H and O–H groups in total. The number of fused-ring (bicyclic) bond motifs is 1.